The molecule has 1 saturated carbocycles. The number of carboxylic acid groups (broad SMARTS) is 1. The van der Waals surface area contributed by atoms with Gasteiger partial charge in [-0.3, -0.25) is 0 Å². The van der Waals surface area contributed by atoms with E-state index < -0.39 is 24.3 Å². The molecule has 2 aliphatic rings. The van der Waals surface area contributed by atoms with Gasteiger partial charge in [-0.25, -0.2) is 14.6 Å². The summed E-state index contributed by atoms with van der Waals surface area (Å²) in [6, 6.07) is 9.20. The summed E-state index contributed by atoms with van der Waals surface area (Å²) in [6.45, 7) is 0.343. The molecule has 148 valence electrons. The van der Waals surface area contributed by atoms with Crippen LogP contribution in [-0.4, -0.2) is 46.2 Å². The van der Waals surface area contributed by atoms with E-state index in [1.165, 1.54) is 11.3 Å². The van der Waals surface area contributed by atoms with Crippen LogP contribution in [0, 0.1) is 5.92 Å². The molecular weight excluding hydrogens is 448 g/mol. The van der Waals surface area contributed by atoms with Crippen molar-refractivity contribution >= 4 is 39.3 Å². The second-order valence-corrected chi connectivity index (χ2v) is 8.73. The first-order chi connectivity index (χ1) is 13.5. The number of benzene rings is 1. The third-order valence-corrected chi connectivity index (χ3v) is 6.96. The van der Waals surface area contributed by atoms with Crippen LogP contribution in [-0.2, 0) is 26.5 Å². The van der Waals surface area contributed by atoms with Crippen LogP contribution in [0.1, 0.15) is 23.4 Å². The highest BCUT2D eigenvalue weighted by atomic mass is 79.9. The molecule has 3 unspecified atom stereocenters. The average Bonchev–Trinajstić information content (AvgIpc) is 3.40. The maximum Gasteiger partial charge on any atom is 0.410 e. The lowest BCUT2D eigenvalue weighted by Gasteiger charge is -2.41. The van der Waals surface area contributed by atoms with Gasteiger partial charge in [0.25, 0.3) is 0 Å². The highest BCUT2D eigenvalue weighted by molar-refractivity contribution is 9.10. The van der Waals surface area contributed by atoms with Crippen LogP contribution in [0.5, 0.6) is 0 Å². The molecule has 1 aliphatic carbocycles. The molecule has 2 heterocycles. The van der Waals surface area contributed by atoms with E-state index in [1.54, 1.807) is 4.90 Å². The summed E-state index contributed by atoms with van der Waals surface area (Å²) in [4.78, 5) is 30.1. The van der Waals surface area contributed by atoms with E-state index in [0.29, 0.717) is 22.6 Å². The number of rotatable bonds is 6. The molecule has 1 aliphatic heterocycles. The fraction of sp³-hybridized carbons (Fsp3) is 0.421. The van der Waals surface area contributed by atoms with E-state index in [2.05, 4.69) is 20.9 Å². The SMILES string of the molecule is O=C(O)COC1(c2nc(Br)cs2)CC2CC1N(C(=O)OCc1ccccc1)C2. The van der Waals surface area contributed by atoms with E-state index in [4.69, 9.17) is 14.6 Å². The third kappa shape index (κ3) is 3.66. The molecule has 7 nitrogen and oxygen atoms in total. The second-order valence-electron chi connectivity index (χ2n) is 7.06. The van der Waals surface area contributed by atoms with Crippen molar-refractivity contribution in [3.63, 3.8) is 0 Å². The number of ether oxygens (including phenoxy) is 2. The topological polar surface area (TPSA) is 89.0 Å². The standard InChI is InChI=1S/C19H19BrN2O5S/c20-15-11-28-17(21-15)19(27-10-16(23)24)7-13-6-14(19)22(8-13)18(25)26-9-12-4-2-1-3-5-12/h1-5,11,13-14H,6-10H2,(H,23,24). The summed E-state index contributed by atoms with van der Waals surface area (Å²) in [7, 11) is 0. The van der Waals surface area contributed by atoms with Gasteiger partial charge in [-0.15, -0.1) is 11.3 Å². The van der Waals surface area contributed by atoms with Crippen molar-refractivity contribution in [2.75, 3.05) is 13.2 Å². The molecule has 3 atom stereocenters. The minimum absolute atomic E-state index is 0.194. The Labute approximate surface area is 174 Å². The lowest BCUT2D eigenvalue weighted by atomic mass is 9.93. The molecule has 1 aromatic heterocycles. The number of nitrogens with zero attached hydrogens (tertiary/aromatic N) is 2. The summed E-state index contributed by atoms with van der Waals surface area (Å²) in [5.74, 6) is -0.818. The molecule has 0 radical (unpaired) electrons. The first kappa shape index (κ1) is 19.4. The molecule has 1 saturated heterocycles. The van der Waals surface area contributed by atoms with Gasteiger partial charge in [0, 0.05) is 11.9 Å². The molecular formula is C19H19BrN2O5S. The zero-order valence-corrected chi connectivity index (χ0v) is 17.3. The van der Waals surface area contributed by atoms with Crippen molar-refractivity contribution < 1.29 is 24.2 Å². The quantitative estimate of drug-likeness (QED) is 0.698. The lowest BCUT2D eigenvalue weighted by Crippen LogP contribution is -2.53. The van der Waals surface area contributed by atoms with Crippen LogP contribution in [0.3, 0.4) is 0 Å². The zero-order chi connectivity index (χ0) is 19.7. The van der Waals surface area contributed by atoms with Gasteiger partial charge in [-0.05, 0) is 40.3 Å². The number of hydrogen-bond donors (Lipinski definition) is 1. The Kier molecular flexibility index (Phi) is 5.39. The maximum absolute atomic E-state index is 12.8. The van der Waals surface area contributed by atoms with E-state index in [9.17, 15) is 9.59 Å². The normalized spacial score (nSPS) is 25.8. The van der Waals surface area contributed by atoms with Crippen LogP contribution in [0.25, 0.3) is 0 Å². The fourth-order valence-electron chi connectivity index (χ4n) is 4.17. The van der Waals surface area contributed by atoms with Crippen LogP contribution in [0.2, 0.25) is 0 Å². The molecule has 4 rings (SSSR count). The summed E-state index contributed by atoms with van der Waals surface area (Å²) in [6.07, 6.45) is 0.986. The van der Waals surface area contributed by atoms with Crippen molar-refractivity contribution in [2.24, 2.45) is 5.92 Å². The number of carbonyl (C=O) groups is 2. The highest BCUT2D eigenvalue weighted by Gasteiger charge is 2.60. The monoisotopic (exact) mass is 466 g/mol. The first-order valence-corrected chi connectivity index (χ1v) is 10.6. The molecule has 9 heteroatoms. The van der Waals surface area contributed by atoms with Crippen LogP contribution in [0.15, 0.2) is 40.3 Å². The van der Waals surface area contributed by atoms with Crippen molar-refractivity contribution in [1.82, 2.24) is 9.88 Å². The van der Waals surface area contributed by atoms with Gasteiger partial charge >= 0.3 is 12.1 Å². The predicted octanol–water partition coefficient (Wildman–Crippen LogP) is 3.63. The van der Waals surface area contributed by atoms with Crippen LogP contribution >= 0.6 is 27.3 Å². The fourth-order valence-corrected chi connectivity index (χ4v) is 5.63. The Morgan fingerprint density at radius 1 is 1.36 bits per heavy atom. The van der Waals surface area contributed by atoms with E-state index in [-0.39, 0.29) is 18.6 Å². The van der Waals surface area contributed by atoms with E-state index >= 15 is 0 Å². The number of hydrogen-bond acceptors (Lipinski definition) is 6. The average molecular weight is 467 g/mol. The lowest BCUT2D eigenvalue weighted by molar-refractivity contribution is -0.157. The molecule has 1 aromatic carbocycles. The van der Waals surface area contributed by atoms with Crippen molar-refractivity contribution in [3.8, 4) is 0 Å². The number of carbonyl (C=O) groups excluding carboxylic acids is 1. The smallest absolute Gasteiger partial charge is 0.410 e. The van der Waals surface area contributed by atoms with Crippen molar-refractivity contribution in [1.29, 1.82) is 0 Å². The Morgan fingerprint density at radius 2 is 2.14 bits per heavy atom. The van der Waals surface area contributed by atoms with E-state index in [1.807, 2.05) is 35.7 Å². The van der Waals surface area contributed by atoms with Gasteiger partial charge in [0.2, 0.25) is 0 Å². The molecule has 2 bridgehead atoms. The number of halogens is 1. The maximum atomic E-state index is 12.8. The molecule has 0 spiro atoms. The number of likely N-dealkylation sites (tertiary alicyclic amines) is 1. The number of amides is 1. The Bertz CT molecular complexity index is 876. The van der Waals surface area contributed by atoms with E-state index in [0.717, 1.165) is 12.0 Å². The van der Waals surface area contributed by atoms with Crippen molar-refractivity contribution in [2.45, 2.75) is 31.1 Å². The van der Waals surface area contributed by atoms with Gasteiger partial charge in [0.05, 0.1) is 6.04 Å². The Hall–Kier alpha value is -1.97. The predicted molar refractivity (Wildman–Crippen MR) is 105 cm³/mol. The number of fused-ring (bicyclic) bond motifs is 2. The van der Waals surface area contributed by atoms with Crippen LogP contribution in [0.4, 0.5) is 4.79 Å². The molecule has 2 fully saturated rings. The van der Waals surface area contributed by atoms with Gasteiger partial charge < -0.3 is 19.5 Å². The summed E-state index contributed by atoms with van der Waals surface area (Å²) < 4.78 is 12.1. The number of aliphatic carboxylic acids is 1. The number of thiazole rings is 1. The molecule has 1 N–H and O–H groups in total. The Morgan fingerprint density at radius 3 is 2.79 bits per heavy atom. The zero-order valence-electron chi connectivity index (χ0n) is 14.9. The summed E-state index contributed by atoms with van der Waals surface area (Å²) >= 11 is 4.76. The van der Waals surface area contributed by atoms with Gasteiger partial charge in [-0.1, -0.05) is 30.3 Å². The van der Waals surface area contributed by atoms with Gasteiger partial charge in [0.1, 0.15) is 28.4 Å². The second kappa shape index (κ2) is 7.81. The highest BCUT2D eigenvalue weighted by Crippen LogP contribution is 2.53. The molecule has 28 heavy (non-hydrogen) atoms. The number of carboxylic acids is 1. The van der Waals surface area contributed by atoms with Crippen LogP contribution < -0.4 is 0 Å². The third-order valence-electron chi connectivity index (χ3n) is 5.25. The molecule has 1 amide bonds. The first-order valence-electron chi connectivity index (χ1n) is 8.92. The number of aromatic nitrogens is 1. The van der Waals surface area contributed by atoms with Gasteiger partial charge in [0.15, 0.2) is 0 Å². The summed E-state index contributed by atoms with van der Waals surface area (Å²) in [5, 5.41) is 11.7. The van der Waals surface area contributed by atoms with Gasteiger partial charge in [-0.2, -0.15) is 0 Å². The Balaban J connectivity index is 1.54. The number of piperidine rings is 1. The minimum atomic E-state index is -1.05. The largest absolute Gasteiger partial charge is 0.480 e. The molecule has 2 aromatic rings. The minimum Gasteiger partial charge on any atom is -0.480 e. The van der Waals surface area contributed by atoms with Crippen molar-refractivity contribution in [3.05, 3.63) is 50.9 Å². The summed E-state index contributed by atoms with van der Waals surface area (Å²) in [5.41, 5.74) is 0.00137.